The molecule has 0 radical (unpaired) electrons. The number of anilines is 1. The van der Waals surface area contributed by atoms with Gasteiger partial charge in [-0.25, -0.2) is 24.9 Å². The van der Waals surface area contributed by atoms with Crippen LogP contribution in [0.1, 0.15) is 50.0 Å². The van der Waals surface area contributed by atoms with Gasteiger partial charge < -0.3 is 5.32 Å². The van der Waals surface area contributed by atoms with Gasteiger partial charge in [-0.3, -0.25) is 14.2 Å². The summed E-state index contributed by atoms with van der Waals surface area (Å²) >= 11 is 6.57. The van der Waals surface area contributed by atoms with Gasteiger partial charge in [-0.15, -0.1) is 11.3 Å². The van der Waals surface area contributed by atoms with Crippen molar-refractivity contribution in [1.82, 2.24) is 29.5 Å². The van der Waals surface area contributed by atoms with E-state index in [0.29, 0.717) is 16.9 Å². The minimum atomic E-state index is -4.69. The molecule has 0 unspecified atom stereocenters. The highest BCUT2D eigenvalue weighted by Crippen LogP contribution is 2.35. The molecule has 0 aliphatic carbocycles. The Morgan fingerprint density at radius 2 is 1.97 bits per heavy atom. The third kappa shape index (κ3) is 5.69. The number of pyridine rings is 1. The maximum atomic E-state index is 13.0. The number of hydrogen-bond donors (Lipinski definition) is 1. The van der Waals surface area contributed by atoms with Crippen LogP contribution in [0.25, 0.3) is 5.82 Å². The van der Waals surface area contributed by atoms with E-state index in [4.69, 9.17) is 11.6 Å². The molecule has 1 atom stereocenters. The van der Waals surface area contributed by atoms with Crippen LogP contribution in [-0.2, 0) is 6.18 Å². The Morgan fingerprint density at radius 3 is 2.69 bits per heavy atom. The van der Waals surface area contributed by atoms with Crippen molar-refractivity contribution in [2.45, 2.75) is 25.4 Å². The molecule has 0 saturated heterocycles. The fourth-order valence-electron chi connectivity index (χ4n) is 3.03. The van der Waals surface area contributed by atoms with Crippen LogP contribution >= 0.6 is 22.9 Å². The van der Waals surface area contributed by atoms with E-state index in [1.54, 1.807) is 36.3 Å². The van der Waals surface area contributed by atoms with Crippen molar-refractivity contribution in [2.75, 3.05) is 5.32 Å². The Hall–Kier alpha value is -3.71. The van der Waals surface area contributed by atoms with Gasteiger partial charge in [0.15, 0.2) is 5.78 Å². The maximum absolute atomic E-state index is 13.0. The van der Waals surface area contributed by atoms with E-state index in [1.807, 2.05) is 0 Å². The van der Waals surface area contributed by atoms with Crippen LogP contribution in [-0.4, -0.2) is 41.2 Å². The second kappa shape index (κ2) is 9.88. The quantitative estimate of drug-likeness (QED) is 0.347. The van der Waals surface area contributed by atoms with Crippen molar-refractivity contribution in [3.05, 3.63) is 75.7 Å². The molecular formula is C21H15ClF3N7O2S. The number of ketones is 1. The van der Waals surface area contributed by atoms with Gasteiger partial charge in [-0.2, -0.15) is 13.2 Å². The molecule has 0 aliphatic rings. The van der Waals surface area contributed by atoms with Crippen LogP contribution in [0.15, 0.2) is 49.6 Å². The summed E-state index contributed by atoms with van der Waals surface area (Å²) in [7, 11) is 0. The minimum absolute atomic E-state index is 0.0721. The van der Waals surface area contributed by atoms with Gasteiger partial charge in [0.2, 0.25) is 0 Å². The van der Waals surface area contributed by atoms with Gasteiger partial charge in [0, 0.05) is 37.0 Å². The number of amides is 1. The highest BCUT2D eigenvalue weighted by molar-refractivity contribution is 7.13. The monoisotopic (exact) mass is 521 g/mol. The van der Waals surface area contributed by atoms with E-state index in [-0.39, 0.29) is 34.5 Å². The second-order valence-corrected chi connectivity index (χ2v) is 8.79. The molecule has 180 valence electrons. The molecule has 1 N–H and O–H groups in total. The molecule has 0 fully saturated rings. The van der Waals surface area contributed by atoms with E-state index in [1.165, 1.54) is 12.5 Å². The molecule has 4 heterocycles. The van der Waals surface area contributed by atoms with Crippen LogP contribution in [0.5, 0.6) is 0 Å². The van der Waals surface area contributed by atoms with Gasteiger partial charge in [0.25, 0.3) is 5.91 Å². The lowest BCUT2D eigenvalue weighted by Crippen LogP contribution is -2.13. The number of halogens is 4. The molecule has 0 spiro atoms. The van der Waals surface area contributed by atoms with Crippen LogP contribution < -0.4 is 5.32 Å². The number of Topliss-reactive ketones (excluding diaryl/α,β-unsaturated/α-hetero) is 1. The molecule has 0 saturated carbocycles. The first kappa shape index (κ1) is 24.4. The minimum Gasteiger partial charge on any atom is -0.306 e. The topological polar surface area (TPSA) is 116 Å². The molecule has 1 amide bonds. The van der Waals surface area contributed by atoms with Gasteiger partial charge >= 0.3 is 6.18 Å². The maximum Gasteiger partial charge on any atom is 0.418 e. The van der Waals surface area contributed by atoms with Crippen molar-refractivity contribution in [2.24, 2.45) is 0 Å². The highest BCUT2D eigenvalue weighted by atomic mass is 35.5. The molecular weight excluding hydrogens is 507 g/mol. The number of carbonyl (C=O) groups is 2. The first-order chi connectivity index (χ1) is 16.6. The summed E-state index contributed by atoms with van der Waals surface area (Å²) in [5, 5.41) is 2.24. The standard InChI is InChI=1S/C21H15ClF3N7O2S/c1-11(4-15(33)14-6-18(30-9-29-14)32-3-2-26-10-32)20-28-8-16(35-20)19(34)31-17-5-12(21(23,24)25)13(22)7-27-17/h2-3,5-11H,4H2,1H3,(H,27,31,34)/t11-/m0/s1. The average Bonchev–Trinajstić information content (AvgIpc) is 3.52. The molecule has 0 aromatic carbocycles. The number of thiazole rings is 1. The molecule has 9 nitrogen and oxygen atoms in total. The first-order valence-electron chi connectivity index (χ1n) is 9.95. The van der Waals surface area contributed by atoms with Crippen molar-refractivity contribution in [3.8, 4) is 5.82 Å². The number of alkyl halides is 3. The molecule has 14 heteroatoms. The summed E-state index contributed by atoms with van der Waals surface area (Å²) in [5.41, 5.74) is -0.887. The molecule has 0 bridgehead atoms. The lowest BCUT2D eigenvalue weighted by atomic mass is 10.0. The van der Waals surface area contributed by atoms with Gasteiger partial charge in [-0.05, 0) is 6.07 Å². The van der Waals surface area contributed by atoms with Crippen LogP contribution in [0, 0.1) is 0 Å². The third-order valence-electron chi connectivity index (χ3n) is 4.77. The molecule has 35 heavy (non-hydrogen) atoms. The first-order valence-corrected chi connectivity index (χ1v) is 11.1. The number of rotatable bonds is 7. The zero-order valence-corrected chi connectivity index (χ0v) is 19.4. The predicted molar refractivity (Wildman–Crippen MR) is 121 cm³/mol. The van der Waals surface area contributed by atoms with E-state index in [0.717, 1.165) is 17.5 Å². The lowest BCUT2D eigenvalue weighted by molar-refractivity contribution is -0.137. The number of hydrogen-bond acceptors (Lipinski definition) is 8. The van der Waals surface area contributed by atoms with Gasteiger partial charge in [0.05, 0.1) is 21.8 Å². The molecule has 0 aliphatic heterocycles. The summed E-state index contributed by atoms with van der Waals surface area (Å²) in [6.07, 6.45) is 3.59. The zero-order chi connectivity index (χ0) is 25.2. The molecule has 4 aromatic rings. The van der Waals surface area contributed by atoms with E-state index in [9.17, 15) is 22.8 Å². The third-order valence-corrected chi connectivity index (χ3v) is 6.30. The van der Waals surface area contributed by atoms with E-state index < -0.39 is 22.7 Å². The van der Waals surface area contributed by atoms with Crippen LogP contribution in [0.3, 0.4) is 0 Å². The summed E-state index contributed by atoms with van der Waals surface area (Å²) in [6, 6.07) is 2.20. The second-order valence-electron chi connectivity index (χ2n) is 7.32. The lowest BCUT2D eigenvalue weighted by Gasteiger charge is -2.10. The number of aromatic nitrogens is 6. The molecule has 4 aromatic heterocycles. The van der Waals surface area contributed by atoms with Gasteiger partial charge in [0.1, 0.15) is 34.9 Å². The number of carbonyl (C=O) groups excluding carboxylic acids is 2. The Bertz CT molecular complexity index is 1380. The Labute approximate surface area is 205 Å². The number of nitrogens with zero attached hydrogens (tertiary/aromatic N) is 6. The highest BCUT2D eigenvalue weighted by Gasteiger charge is 2.34. The predicted octanol–water partition coefficient (Wildman–Crippen LogP) is 4.81. The summed E-state index contributed by atoms with van der Waals surface area (Å²) in [5.74, 6) is -1.08. The Balaban J connectivity index is 1.42. The summed E-state index contributed by atoms with van der Waals surface area (Å²) < 4.78 is 40.7. The van der Waals surface area contributed by atoms with Crippen molar-refractivity contribution >= 4 is 40.4 Å². The summed E-state index contributed by atoms with van der Waals surface area (Å²) in [6.45, 7) is 1.77. The fraction of sp³-hybridized carbons (Fsp3) is 0.190. The Kier molecular flexibility index (Phi) is 6.89. The average molecular weight is 522 g/mol. The number of nitrogens with one attached hydrogen (secondary N) is 1. The fourth-order valence-corrected chi connectivity index (χ4v) is 4.10. The molecule has 4 rings (SSSR count). The SMILES string of the molecule is C[C@@H](CC(=O)c1cc(-n2ccnc2)ncn1)c1ncc(C(=O)Nc2cc(C(F)(F)F)c(Cl)cn2)s1. The van der Waals surface area contributed by atoms with E-state index in [2.05, 4.69) is 30.2 Å². The number of imidazole rings is 1. The normalized spacial score (nSPS) is 12.4. The van der Waals surface area contributed by atoms with Crippen molar-refractivity contribution < 1.29 is 22.8 Å². The zero-order valence-electron chi connectivity index (χ0n) is 17.8. The largest absolute Gasteiger partial charge is 0.418 e. The van der Waals surface area contributed by atoms with E-state index >= 15 is 0 Å². The smallest absolute Gasteiger partial charge is 0.306 e. The summed E-state index contributed by atoms with van der Waals surface area (Å²) in [4.78, 5) is 45.4. The van der Waals surface area contributed by atoms with Crippen LogP contribution in [0.4, 0.5) is 19.0 Å². The Morgan fingerprint density at radius 1 is 1.17 bits per heavy atom. The van der Waals surface area contributed by atoms with Gasteiger partial charge in [-0.1, -0.05) is 18.5 Å². The van der Waals surface area contributed by atoms with Crippen molar-refractivity contribution in [1.29, 1.82) is 0 Å². The van der Waals surface area contributed by atoms with Crippen LogP contribution in [0.2, 0.25) is 5.02 Å². The van der Waals surface area contributed by atoms with Crippen molar-refractivity contribution in [3.63, 3.8) is 0 Å².